The molecule has 5 nitrogen and oxygen atoms in total. The largest absolute Gasteiger partial charge is 0.493 e. The number of nitrogens with one attached hydrogen (secondary N) is 1. The van der Waals surface area contributed by atoms with E-state index in [1.165, 1.54) is 0 Å². The minimum atomic E-state index is -0.851. The van der Waals surface area contributed by atoms with E-state index in [0.29, 0.717) is 24.5 Å². The number of nitrogen functional groups attached to an aromatic ring is 1. The second kappa shape index (κ2) is 9.33. The second-order valence-corrected chi connectivity index (χ2v) is 8.85. The molecule has 3 N–H and O–H groups in total. The summed E-state index contributed by atoms with van der Waals surface area (Å²) in [6, 6.07) is 22.8. The lowest BCUT2D eigenvalue weighted by Gasteiger charge is -2.33. The highest BCUT2D eigenvalue weighted by Crippen LogP contribution is 2.37. The van der Waals surface area contributed by atoms with Gasteiger partial charge in [-0.1, -0.05) is 74.5 Å². The zero-order chi connectivity index (χ0) is 23.3. The van der Waals surface area contributed by atoms with Crippen molar-refractivity contribution < 1.29 is 9.53 Å². The highest BCUT2D eigenvalue weighted by Gasteiger charge is 2.38. The van der Waals surface area contributed by atoms with Crippen LogP contribution in [0.25, 0.3) is 0 Å². The fraction of sp³-hybridized carbons (Fsp3) is 0.214. The van der Waals surface area contributed by atoms with Crippen LogP contribution < -0.4 is 15.8 Å². The quantitative estimate of drug-likeness (QED) is 0.489. The van der Waals surface area contributed by atoms with E-state index in [9.17, 15) is 4.79 Å². The fourth-order valence-electron chi connectivity index (χ4n) is 3.77. The number of rotatable bonds is 7. The molecule has 1 aliphatic rings. The van der Waals surface area contributed by atoms with E-state index in [1.807, 2.05) is 78.9 Å². The number of nitrogens with two attached hydrogens (primary N) is 1. The highest BCUT2D eigenvalue weighted by atomic mass is 16.5. The minimum absolute atomic E-state index is 0.0848. The number of hydrogen-bond acceptors (Lipinski definition) is 4. The van der Waals surface area contributed by atoms with Crippen molar-refractivity contribution in [2.75, 3.05) is 17.7 Å². The van der Waals surface area contributed by atoms with E-state index in [0.717, 1.165) is 17.0 Å². The van der Waals surface area contributed by atoms with Crippen LogP contribution in [-0.2, 0) is 16.6 Å². The summed E-state index contributed by atoms with van der Waals surface area (Å²) in [5, 5.41) is 3.07. The Kier molecular flexibility index (Phi) is 6.31. The second-order valence-electron chi connectivity index (χ2n) is 8.85. The first-order chi connectivity index (χ1) is 15.9. The molecule has 168 valence electrons. The molecule has 0 unspecified atom stereocenters. The van der Waals surface area contributed by atoms with E-state index in [1.54, 1.807) is 6.07 Å². The van der Waals surface area contributed by atoms with Crippen LogP contribution in [0.3, 0.4) is 0 Å². The van der Waals surface area contributed by atoms with Gasteiger partial charge in [0.15, 0.2) is 0 Å². The number of pyridine rings is 1. The van der Waals surface area contributed by atoms with Crippen LogP contribution in [0, 0.1) is 5.41 Å². The van der Waals surface area contributed by atoms with Crippen LogP contribution in [0.2, 0.25) is 0 Å². The average Bonchev–Trinajstić information content (AvgIpc) is 2.81. The van der Waals surface area contributed by atoms with Crippen molar-refractivity contribution >= 4 is 17.4 Å². The Morgan fingerprint density at radius 1 is 0.909 bits per heavy atom. The molecule has 1 aromatic heterocycles. The summed E-state index contributed by atoms with van der Waals surface area (Å²) in [6.07, 6.45) is 8.84. The van der Waals surface area contributed by atoms with Gasteiger partial charge < -0.3 is 15.8 Å². The zero-order valence-electron chi connectivity index (χ0n) is 19.0. The molecule has 1 aliphatic carbocycles. The molecule has 33 heavy (non-hydrogen) atoms. The van der Waals surface area contributed by atoms with Gasteiger partial charge in [0.05, 0.1) is 6.61 Å². The number of nitrogens with zero attached hydrogens (tertiary/aromatic N) is 1. The Bertz CT molecular complexity index is 1150. The Morgan fingerprint density at radius 3 is 2.27 bits per heavy atom. The molecule has 0 fully saturated rings. The van der Waals surface area contributed by atoms with Gasteiger partial charge in [0.1, 0.15) is 17.0 Å². The lowest BCUT2D eigenvalue weighted by atomic mass is 9.72. The zero-order valence-corrected chi connectivity index (χ0v) is 19.0. The van der Waals surface area contributed by atoms with Crippen LogP contribution in [0.4, 0.5) is 11.5 Å². The Balaban J connectivity index is 1.43. The van der Waals surface area contributed by atoms with Gasteiger partial charge in [-0.15, -0.1) is 0 Å². The number of carbonyl (C=O) groups is 1. The van der Waals surface area contributed by atoms with E-state index < -0.39 is 5.41 Å². The molecule has 0 atom stereocenters. The molecule has 0 saturated heterocycles. The first-order valence-electron chi connectivity index (χ1n) is 11.1. The number of benzene rings is 2. The molecule has 0 aliphatic heterocycles. The fourth-order valence-corrected chi connectivity index (χ4v) is 3.77. The molecule has 0 spiro atoms. The lowest BCUT2D eigenvalue weighted by Crippen LogP contribution is -2.39. The molecule has 0 saturated carbocycles. The summed E-state index contributed by atoms with van der Waals surface area (Å²) in [6.45, 7) is 4.73. The number of amides is 1. The summed E-state index contributed by atoms with van der Waals surface area (Å²) in [5.41, 5.74) is 7.32. The topological polar surface area (TPSA) is 77.2 Å². The molecule has 1 heterocycles. The molecule has 1 amide bonds. The molecule has 3 aromatic rings. The van der Waals surface area contributed by atoms with Gasteiger partial charge in [0.2, 0.25) is 5.91 Å². The maximum Gasteiger partial charge on any atom is 0.242 e. The first kappa shape index (κ1) is 22.3. The van der Waals surface area contributed by atoms with Gasteiger partial charge >= 0.3 is 0 Å². The van der Waals surface area contributed by atoms with Gasteiger partial charge in [-0.3, -0.25) is 4.79 Å². The normalized spacial score (nSPS) is 15.7. The molecular formula is C28H29N3O2. The Hall–Kier alpha value is -3.86. The standard InChI is InChI=1S/C28H29N3O2/c1-27(2)16-18-28(19-17-27,21-7-4-3-5-8-21)26(32)31-23-11-13-24(14-12-23)33-20-15-22-9-6-10-25(29)30-22/h3-14,16-19H,15,20H2,1-2H3,(H2,29,30)(H,31,32). The molecule has 2 aromatic carbocycles. The Labute approximate surface area is 195 Å². The lowest BCUT2D eigenvalue weighted by molar-refractivity contribution is -0.118. The molecule has 4 rings (SSSR count). The van der Waals surface area contributed by atoms with Gasteiger partial charge in [0, 0.05) is 23.2 Å². The summed E-state index contributed by atoms with van der Waals surface area (Å²) < 4.78 is 5.82. The predicted octanol–water partition coefficient (Wildman–Crippen LogP) is 5.31. The average molecular weight is 440 g/mol. The summed E-state index contributed by atoms with van der Waals surface area (Å²) >= 11 is 0. The highest BCUT2D eigenvalue weighted by molar-refractivity contribution is 6.02. The van der Waals surface area contributed by atoms with Crippen molar-refractivity contribution in [1.82, 2.24) is 4.98 Å². The van der Waals surface area contributed by atoms with Crippen molar-refractivity contribution in [2.24, 2.45) is 5.41 Å². The predicted molar refractivity (Wildman–Crippen MR) is 133 cm³/mol. The molecular weight excluding hydrogens is 410 g/mol. The summed E-state index contributed by atoms with van der Waals surface area (Å²) in [5.74, 6) is 1.14. The van der Waals surface area contributed by atoms with Crippen LogP contribution >= 0.6 is 0 Å². The summed E-state index contributed by atoms with van der Waals surface area (Å²) in [4.78, 5) is 17.8. The van der Waals surface area contributed by atoms with Crippen LogP contribution in [-0.4, -0.2) is 17.5 Å². The van der Waals surface area contributed by atoms with Gasteiger partial charge in [-0.05, 0) is 42.0 Å². The minimum Gasteiger partial charge on any atom is -0.493 e. The number of anilines is 2. The van der Waals surface area contributed by atoms with Crippen molar-refractivity contribution in [3.8, 4) is 5.75 Å². The summed E-state index contributed by atoms with van der Waals surface area (Å²) in [7, 11) is 0. The van der Waals surface area contributed by atoms with E-state index in [2.05, 4.69) is 36.3 Å². The third kappa shape index (κ3) is 5.32. The maximum atomic E-state index is 13.5. The monoisotopic (exact) mass is 439 g/mol. The van der Waals surface area contributed by atoms with Gasteiger partial charge in [0.25, 0.3) is 0 Å². The number of allylic oxidation sites excluding steroid dienone is 2. The molecule has 0 radical (unpaired) electrons. The van der Waals surface area contributed by atoms with Crippen LogP contribution in [0.5, 0.6) is 5.75 Å². The van der Waals surface area contributed by atoms with Gasteiger partial charge in [-0.2, -0.15) is 0 Å². The smallest absolute Gasteiger partial charge is 0.242 e. The SMILES string of the molecule is CC1(C)C=CC(C(=O)Nc2ccc(OCCc3cccc(N)n3)cc2)(c2ccccc2)C=C1. The van der Waals surface area contributed by atoms with E-state index in [4.69, 9.17) is 10.5 Å². The third-order valence-electron chi connectivity index (χ3n) is 5.75. The van der Waals surface area contributed by atoms with Crippen LogP contribution in [0.15, 0.2) is 97.1 Å². The van der Waals surface area contributed by atoms with E-state index >= 15 is 0 Å². The maximum absolute atomic E-state index is 13.5. The first-order valence-corrected chi connectivity index (χ1v) is 11.1. The van der Waals surface area contributed by atoms with Crippen molar-refractivity contribution in [1.29, 1.82) is 0 Å². The third-order valence-corrected chi connectivity index (χ3v) is 5.75. The number of hydrogen-bond donors (Lipinski definition) is 2. The molecule has 5 heteroatoms. The number of aromatic nitrogens is 1. The van der Waals surface area contributed by atoms with Crippen LogP contribution in [0.1, 0.15) is 25.1 Å². The number of carbonyl (C=O) groups excluding carboxylic acids is 1. The van der Waals surface area contributed by atoms with Crippen molar-refractivity contribution in [3.63, 3.8) is 0 Å². The Morgan fingerprint density at radius 2 is 1.61 bits per heavy atom. The van der Waals surface area contributed by atoms with Crippen molar-refractivity contribution in [2.45, 2.75) is 25.7 Å². The van der Waals surface area contributed by atoms with Crippen molar-refractivity contribution in [3.05, 3.63) is 108 Å². The van der Waals surface area contributed by atoms with Gasteiger partial charge in [-0.25, -0.2) is 4.98 Å². The number of ether oxygens (including phenoxy) is 1. The molecule has 0 bridgehead atoms. The van der Waals surface area contributed by atoms with E-state index in [-0.39, 0.29) is 11.3 Å².